The van der Waals surface area contributed by atoms with Gasteiger partial charge in [0.1, 0.15) is 0 Å². The van der Waals surface area contributed by atoms with Crippen molar-refractivity contribution >= 4 is 41.5 Å². The molecule has 0 aliphatic carbocycles. The van der Waals surface area contributed by atoms with E-state index in [1.165, 1.54) is 0 Å². The lowest BCUT2D eigenvalue weighted by molar-refractivity contribution is -0.138. The molecule has 0 aromatic carbocycles. The van der Waals surface area contributed by atoms with Crippen molar-refractivity contribution in [1.82, 2.24) is 19.9 Å². The third-order valence-corrected chi connectivity index (χ3v) is 9.76. The third-order valence-electron chi connectivity index (χ3n) is 9.76. The number of fused-ring (bicyclic) bond motifs is 8. The number of aromatic amines is 4. The van der Waals surface area contributed by atoms with E-state index in [0.29, 0.717) is 42.3 Å². The molecule has 5 rings (SSSR count). The standard InChI is InChI=1S/C37H45N5O6/c1-7-21-20(6)35-34(37(48)25(38)16-43)36-22(8-2)17(3)28(41-36)13-26-18(4)23(9-11-32(44)45)30(39-26)15-31-24(10-12-33(46)47)19(5)27(40-31)14-29(21)42-35/h13-15,25,39-43H,7-12,16,38H2,1-6H3,(H,44,45)(H,46,47)/t25-/m0/s1. The second-order valence-electron chi connectivity index (χ2n) is 12.6. The molecule has 0 fully saturated rings. The van der Waals surface area contributed by atoms with Gasteiger partial charge < -0.3 is 41.0 Å². The van der Waals surface area contributed by atoms with Crippen LogP contribution in [0.5, 0.6) is 0 Å². The van der Waals surface area contributed by atoms with E-state index in [4.69, 9.17) is 5.73 Å². The minimum atomic E-state index is -1.13. The molecule has 8 bridgehead atoms. The van der Waals surface area contributed by atoms with Crippen LogP contribution in [-0.4, -0.2) is 65.6 Å². The fourth-order valence-corrected chi connectivity index (χ4v) is 7.01. The van der Waals surface area contributed by atoms with Crippen LogP contribution in [-0.2, 0) is 40.1 Å². The number of ketones is 1. The number of aliphatic carboxylic acids is 2. The first-order valence-electron chi connectivity index (χ1n) is 16.4. The van der Waals surface area contributed by atoms with E-state index in [2.05, 4.69) is 19.9 Å². The molecule has 0 radical (unpaired) electrons. The molecule has 0 saturated heterocycles. The molecule has 0 spiro atoms. The number of hydrogen-bond acceptors (Lipinski definition) is 5. The van der Waals surface area contributed by atoms with Crippen molar-refractivity contribution in [3.8, 4) is 0 Å². The third kappa shape index (κ3) is 6.23. The predicted molar refractivity (Wildman–Crippen MR) is 185 cm³/mol. The predicted octanol–water partition coefficient (Wildman–Crippen LogP) is 1.28. The highest BCUT2D eigenvalue weighted by Gasteiger charge is 2.27. The van der Waals surface area contributed by atoms with Crippen LogP contribution < -0.4 is 27.1 Å². The molecule has 254 valence electrons. The normalized spacial score (nSPS) is 13.1. The van der Waals surface area contributed by atoms with Crippen molar-refractivity contribution < 1.29 is 29.7 Å². The number of aliphatic hydroxyl groups is 1. The Morgan fingerprint density at radius 3 is 1.81 bits per heavy atom. The van der Waals surface area contributed by atoms with Gasteiger partial charge in [0.2, 0.25) is 0 Å². The average molecular weight is 656 g/mol. The van der Waals surface area contributed by atoms with Crippen molar-refractivity contribution in [3.63, 3.8) is 0 Å². The summed E-state index contributed by atoms with van der Waals surface area (Å²) in [5.41, 5.74) is 16.8. The summed E-state index contributed by atoms with van der Waals surface area (Å²) < 4.78 is 0. The summed E-state index contributed by atoms with van der Waals surface area (Å²) in [4.78, 5) is 51.5. The first-order valence-corrected chi connectivity index (χ1v) is 16.4. The van der Waals surface area contributed by atoms with Gasteiger partial charge in [0.05, 0.1) is 29.3 Å². The molecule has 1 aliphatic heterocycles. The number of nitrogens with two attached hydrogens (primary N) is 1. The zero-order chi connectivity index (χ0) is 35.0. The van der Waals surface area contributed by atoms with Crippen LogP contribution in [0, 0.1) is 27.7 Å². The average Bonchev–Trinajstić information content (AvgIpc) is 3.71. The lowest BCUT2D eigenvalue weighted by Gasteiger charge is -2.12. The SMILES string of the molecule is CCc1c2[nH]c(c1C)C(C(=O)[C@@H](N)CO)=c1[nH]c(c(C)c1CC)=Cc1[nH]c(c(CCC(=O)O)c1C)C=c1[nH]c(c(C)c1CCC(=O)O)=C2. The fourth-order valence-electron chi connectivity index (χ4n) is 7.01. The second kappa shape index (κ2) is 13.7. The van der Waals surface area contributed by atoms with Gasteiger partial charge in [0.25, 0.3) is 0 Å². The van der Waals surface area contributed by atoms with Crippen LogP contribution in [0.3, 0.4) is 0 Å². The maximum Gasteiger partial charge on any atom is 0.303 e. The molecule has 11 heteroatoms. The van der Waals surface area contributed by atoms with Crippen LogP contribution in [0.15, 0.2) is 0 Å². The Morgan fingerprint density at radius 2 is 1.21 bits per heavy atom. The molecule has 4 aromatic heterocycles. The molecule has 1 aliphatic rings. The zero-order valence-electron chi connectivity index (χ0n) is 28.4. The molecule has 11 nitrogen and oxygen atoms in total. The van der Waals surface area contributed by atoms with Crippen LogP contribution in [0.1, 0.15) is 94.0 Å². The van der Waals surface area contributed by atoms with E-state index < -0.39 is 30.4 Å². The second-order valence-corrected chi connectivity index (χ2v) is 12.6. The lowest BCUT2D eigenvalue weighted by atomic mass is 9.95. The van der Waals surface area contributed by atoms with Crippen LogP contribution in [0.2, 0.25) is 0 Å². The number of carboxylic acid groups (broad SMARTS) is 2. The number of Topliss-reactive ketones (excluding diaryl/α,β-unsaturated/α-hetero) is 1. The van der Waals surface area contributed by atoms with Gasteiger partial charge in [-0.2, -0.15) is 0 Å². The zero-order valence-corrected chi connectivity index (χ0v) is 28.4. The number of H-pyrrole nitrogens is 4. The number of carboxylic acids is 2. The van der Waals surface area contributed by atoms with E-state index in [1.807, 2.05) is 59.8 Å². The first kappa shape index (κ1) is 34.5. The first-order chi connectivity index (χ1) is 22.8. The number of hydrogen-bond donors (Lipinski definition) is 8. The topological polar surface area (TPSA) is 201 Å². The molecule has 4 aromatic rings. The van der Waals surface area contributed by atoms with Crippen LogP contribution in [0.4, 0.5) is 0 Å². The minimum absolute atomic E-state index is 0.0564. The van der Waals surface area contributed by atoms with Gasteiger partial charge in [-0.05, 0) is 116 Å². The highest BCUT2D eigenvalue weighted by molar-refractivity contribution is 6.22. The van der Waals surface area contributed by atoms with E-state index in [0.717, 1.165) is 77.6 Å². The smallest absolute Gasteiger partial charge is 0.303 e. The molecular weight excluding hydrogens is 610 g/mol. The van der Waals surface area contributed by atoms with Crippen LogP contribution >= 0.6 is 0 Å². The maximum absolute atomic E-state index is 14.1. The summed E-state index contributed by atoms with van der Waals surface area (Å²) in [5.74, 6) is -2.20. The summed E-state index contributed by atoms with van der Waals surface area (Å²) in [5, 5.41) is 32.0. The molecule has 0 saturated carbocycles. The highest BCUT2D eigenvalue weighted by Crippen LogP contribution is 2.27. The molecule has 5 heterocycles. The molecule has 1 atom stereocenters. The molecule has 0 amide bonds. The molecule has 48 heavy (non-hydrogen) atoms. The summed E-state index contributed by atoms with van der Waals surface area (Å²) in [6, 6.07) is -1.13. The number of carbonyl (C=O) groups is 3. The highest BCUT2D eigenvalue weighted by atomic mass is 16.4. The van der Waals surface area contributed by atoms with E-state index in [1.54, 1.807) is 0 Å². The Hall–Kier alpha value is -4.87. The van der Waals surface area contributed by atoms with Gasteiger partial charge in [-0.3, -0.25) is 14.4 Å². The van der Waals surface area contributed by atoms with Gasteiger partial charge in [-0.1, -0.05) is 13.8 Å². The van der Waals surface area contributed by atoms with Crippen molar-refractivity contribution in [2.45, 2.75) is 86.1 Å². The van der Waals surface area contributed by atoms with Crippen LogP contribution in [0.25, 0.3) is 23.8 Å². The maximum atomic E-state index is 14.1. The fraction of sp³-hybridized carbons (Fsp3) is 0.378. The summed E-state index contributed by atoms with van der Waals surface area (Å²) in [6.07, 6.45) is 7.70. The van der Waals surface area contributed by atoms with Gasteiger partial charge in [-0.15, -0.1) is 0 Å². The van der Waals surface area contributed by atoms with Crippen molar-refractivity contribution in [2.75, 3.05) is 6.61 Å². The number of aromatic nitrogens is 4. The van der Waals surface area contributed by atoms with Crippen molar-refractivity contribution in [1.29, 1.82) is 0 Å². The van der Waals surface area contributed by atoms with Gasteiger partial charge in [0, 0.05) is 46.0 Å². The quantitative estimate of drug-likeness (QED) is 0.119. The van der Waals surface area contributed by atoms with Gasteiger partial charge >= 0.3 is 11.9 Å². The Balaban J connectivity index is 2.00. The Bertz CT molecular complexity index is 2190. The van der Waals surface area contributed by atoms with E-state index in [-0.39, 0.29) is 12.8 Å². The van der Waals surface area contributed by atoms with Crippen molar-refractivity contribution in [3.05, 3.63) is 88.7 Å². The minimum Gasteiger partial charge on any atom is -0.481 e. The Labute approximate surface area is 278 Å². The summed E-state index contributed by atoms with van der Waals surface area (Å²) >= 11 is 0. The van der Waals surface area contributed by atoms with E-state index >= 15 is 0 Å². The van der Waals surface area contributed by atoms with Crippen molar-refractivity contribution in [2.24, 2.45) is 5.73 Å². The summed E-state index contributed by atoms with van der Waals surface area (Å²) in [7, 11) is 0. The Kier molecular flexibility index (Phi) is 9.84. The number of aliphatic hydroxyl groups excluding tert-OH is 1. The number of nitrogens with one attached hydrogen (secondary N) is 4. The van der Waals surface area contributed by atoms with Gasteiger partial charge in [-0.25, -0.2) is 0 Å². The van der Waals surface area contributed by atoms with Gasteiger partial charge in [0.15, 0.2) is 5.78 Å². The number of carbonyl (C=O) groups excluding carboxylic acids is 1. The molecule has 9 N–H and O–H groups in total. The molecular formula is C37H45N5O6. The van der Waals surface area contributed by atoms with E-state index in [9.17, 15) is 29.7 Å². The lowest BCUT2D eigenvalue weighted by Crippen LogP contribution is -2.38. The number of rotatable bonds is 11. The Morgan fingerprint density at radius 1 is 0.667 bits per heavy atom. The molecule has 0 unspecified atom stereocenters. The summed E-state index contributed by atoms with van der Waals surface area (Å²) in [6.45, 7) is 11.5. The largest absolute Gasteiger partial charge is 0.481 e. The monoisotopic (exact) mass is 655 g/mol.